The minimum absolute atomic E-state index is 0.257. The van der Waals surface area contributed by atoms with Gasteiger partial charge in [0.2, 0.25) is 0 Å². The number of aromatic nitrogens is 2. The number of anilines is 2. The van der Waals surface area contributed by atoms with E-state index in [1.54, 1.807) is 39.3 Å². The second-order valence-electron chi connectivity index (χ2n) is 4.53. The number of hydrogen-bond acceptors (Lipinski definition) is 8. The molecule has 0 aliphatic rings. The van der Waals surface area contributed by atoms with Crippen molar-refractivity contribution in [3.05, 3.63) is 30.0 Å². The maximum absolute atomic E-state index is 12.1. The third-order valence-electron chi connectivity index (χ3n) is 3.11. The Bertz CT molecular complexity index is 724. The SMILES string of the molecule is CCOC(=O)c1cnc(SC)nc1Nc1ccc(OC)cc1OC. The van der Waals surface area contributed by atoms with E-state index in [9.17, 15) is 4.79 Å². The topological polar surface area (TPSA) is 82.6 Å². The Morgan fingerprint density at radius 2 is 2.08 bits per heavy atom. The van der Waals surface area contributed by atoms with Crippen molar-refractivity contribution < 1.29 is 19.0 Å². The van der Waals surface area contributed by atoms with Gasteiger partial charge in [0.1, 0.15) is 22.9 Å². The van der Waals surface area contributed by atoms with Crippen LogP contribution in [-0.2, 0) is 4.74 Å². The molecule has 8 heteroatoms. The number of rotatable bonds is 7. The minimum Gasteiger partial charge on any atom is -0.497 e. The first-order valence-corrected chi connectivity index (χ1v) is 8.42. The summed E-state index contributed by atoms with van der Waals surface area (Å²) in [7, 11) is 3.13. The van der Waals surface area contributed by atoms with Gasteiger partial charge in [0.15, 0.2) is 5.16 Å². The number of benzene rings is 1. The van der Waals surface area contributed by atoms with Crippen LogP contribution >= 0.6 is 11.8 Å². The van der Waals surface area contributed by atoms with Crippen molar-refractivity contribution in [1.29, 1.82) is 0 Å². The number of carbonyl (C=O) groups is 1. The molecule has 0 spiro atoms. The summed E-state index contributed by atoms with van der Waals surface area (Å²) in [6.45, 7) is 2.02. The normalized spacial score (nSPS) is 10.2. The molecule has 0 aliphatic carbocycles. The van der Waals surface area contributed by atoms with Gasteiger partial charge in [-0.15, -0.1) is 0 Å². The van der Waals surface area contributed by atoms with Crippen molar-refractivity contribution in [2.75, 3.05) is 32.4 Å². The zero-order chi connectivity index (χ0) is 17.5. The number of methoxy groups -OCH3 is 2. The Morgan fingerprint density at radius 1 is 1.29 bits per heavy atom. The van der Waals surface area contributed by atoms with E-state index in [1.165, 1.54) is 18.0 Å². The number of thioether (sulfide) groups is 1. The van der Waals surface area contributed by atoms with Crippen molar-refractivity contribution in [1.82, 2.24) is 9.97 Å². The van der Waals surface area contributed by atoms with E-state index in [0.717, 1.165) is 0 Å². The molecule has 128 valence electrons. The average molecular weight is 349 g/mol. The zero-order valence-corrected chi connectivity index (χ0v) is 14.8. The average Bonchev–Trinajstić information content (AvgIpc) is 2.62. The van der Waals surface area contributed by atoms with Gasteiger partial charge in [-0.05, 0) is 25.3 Å². The molecule has 1 aromatic carbocycles. The van der Waals surface area contributed by atoms with E-state index in [-0.39, 0.29) is 12.2 Å². The molecule has 0 amide bonds. The van der Waals surface area contributed by atoms with Gasteiger partial charge in [0.25, 0.3) is 0 Å². The summed E-state index contributed by atoms with van der Waals surface area (Å²) in [5, 5.41) is 3.65. The highest BCUT2D eigenvalue weighted by Gasteiger charge is 2.17. The van der Waals surface area contributed by atoms with Crippen LogP contribution in [0, 0.1) is 0 Å². The lowest BCUT2D eigenvalue weighted by molar-refractivity contribution is 0.0526. The predicted octanol–water partition coefficient (Wildman–Crippen LogP) is 3.14. The molecule has 0 unspecified atom stereocenters. The largest absolute Gasteiger partial charge is 0.497 e. The van der Waals surface area contributed by atoms with E-state index >= 15 is 0 Å². The zero-order valence-electron chi connectivity index (χ0n) is 14.0. The molecule has 1 heterocycles. The quantitative estimate of drug-likeness (QED) is 0.464. The maximum Gasteiger partial charge on any atom is 0.343 e. The number of carbonyl (C=O) groups excluding carboxylic acids is 1. The molecule has 0 radical (unpaired) electrons. The van der Waals surface area contributed by atoms with Crippen LogP contribution < -0.4 is 14.8 Å². The van der Waals surface area contributed by atoms with Crippen LogP contribution in [0.5, 0.6) is 11.5 Å². The molecular weight excluding hydrogens is 330 g/mol. The van der Waals surface area contributed by atoms with Gasteiger partial charge in [-0.2, -0.15) is 0 Å². The summed E-state index contributed by atoms with van der Waals surface area (Å²) in [4.78, 5) is 20.6. The van der Waals surface area contributed by atoms with Crippen LogP contribution in [0.4, 0.5) is 11.5 Å². The highest BCUT2D eigenvalue weighted by molar-refractivity contribution is 7.98. The van der Waals surface area contributed by atoms with Crippen LogP contribution in [0.25, 0.3) is 0 Å². The molecular formula is C16H19N3O4S. The second kappa shape index (κ2) is 8.39. The predicted molar refractivity (Wildman–Crippen MR) is 92.6 cm³/mol. The highest BCUT2D eigenvalue weighted by atomic mass is 32.2. The number of esters is 1. The van der Waals surface area contributed by atoms with Gasteiger partial charge in [0.05, 0.1) is 26.5 Å². The van der Waals surface area contributed by atoms with Gasteiger partial charge >= 0.3 is 5.97 Å². The third kappa shape index (κ3) is 4.08. The molecule has 24 heavy (non-hydrogen) atoms. The first kappa shape index (κ1) is 17.9. The van der Waals surface area contributed by atoms with Crippen LogP contribution in [0.2, 0.25) is 0 Å². The summed E-state index contributed by atoms with van der Waals surface area (Å²) in [5.74, 6) is 1.10. The lowest BCUT2D eigenvalue weighted by Crippen LogP contribution is -2.11. The summed E-state index contributed by atoms with van der Waals surface area (Å²) < 4.78 is 15.6. The van der Waals surface area contributed by atoms with E-state index < -0.39 is 5.97 Å². The van der Waals surface area contributed by atoms with Gasteiger partial charge in [-0.1, -0.05) is 11.8 Å². The molecule has 7 nitrogen and oxygen atoms in total. The monoisotopic (exact) mass is 349 g/mol. The van der Waals surface area contributed by atoms with Crippen molar-refractivity contribution in [2.24, 2.45) is 0 Å². The van der Waals surface area contributed by atoms with Gasteiger partial charge in [-0.25, -0.2) is 14.8 Å². The Labute approximate surface area is 144 Å². The molecule has 0 aliphatic heterocycles. The lowest BCUT2D eigenvalue weighted by atomic mass is 10.2. The number of nitrogens with zero attached hydrogens (tertiary/aromatic N) is 2. The van der Waals surface area contributed by atoms with Crippen molar-refractivity contribution in [2.45, 2.75) is 12.1 Å². The molecule has 2 aromatic rings. The second-order valence-corrected chi connectivity index (χ2v) is 5.30. The van der Waals surface area contributed by atoms with E-state index in [2.05, 4.69) is 15.3 Å². The Hall–Kier alpha value is -2.48. The summed E-state index contributed by atoms with van der Waals surface area (Å²) in [6, 6.07) is 5.31. The molecule has 0 bridgehead atoms. The van der Waals surface area contributed by atoms with E-state index in [0.29, 0.717) is 28.2 Å². The molecule has 0 fully saturated rings. The van der Waals surface area contributed by atoms with Crippen molar-refractivity contribution >= 4 is 29.2 Å². The first-order valence-electron chi connectivity index (χ1n) is 7.20. The molecule has 1 aromatic heterocycles. The van der Waals surface area contributed by atoms with Crippen LogP contribution in [0.15, 0.2) is 29.6 Å². The molecule has 0 saturated heterocycles. The fourth-order valence-electron chi connectivity index (χ4n) is 1.95. The Morgan fingerprint density at radius 3 is 2.71 bits per heavy atom. The molecule has 2 rings (SSSR count). The van der Waals surface area contributed by atoms with Crippen molar-refractivity contribution in [3.63, 3.8) is 0 Å². The lowest BCUT2D eigenvalue weighted by Gasteiger charge is -2.14. The van der Waals surface area contributed by atoms with E-state index in [1.807, 2.05) is 6.26 Å². The molecule has 0 saturated carbocycles. The number of nitrogens with one attached hydrogen (secondary N) is 1. The van der Waals surface area contributed by atoms with Crippen molar-refractivity contribution in [3.8, 4) is 11.5 Å². The van der Waals surface area contributed by atoms with Gasteiger partial charge in [-0.3, -0.25) is 0 Å². The summed E-state index contributed by atoms with van der Waals surface area (Å²) >= 11 is 1.38. The van der Waals surface area contributed by atoms with Gasteiger partial charge in [0, 0.05) is 12.3 Å². The standard InChI is InChI=1S/C16H19N3O4S/c1-5-23-15(20)11-9-17-16(24-4)19-14(11)18-12-7-6-10(21-2)8-13(12)22-3/h6-9H,5H2,1-4H3,(H,17,18,19). The van der Waals surface area contributed by atoms with E-state index in [4.69, 9.17) is 14.2 Å². The summed E-state index contributed by atoms with van der Waals surface area (Å²) in [5.41, 5.74) is 0.905. The smallest absolute Gasteiger partial charge is 0.343 e. The van der Waals surface area contributed by atoms with Gasteiger partial charge < -0.3 is 19.5 Å². The first-order chi connectivity index (χ1) is 11.6. The highest BCUT2D eigenvalue weighted by Crippen LogP contribution is 2.32. The Kier molecular flexibility index (Phi) is 6.25. The number of hydrogen-bond donors (Lipinski definition) is 1. The minimum atomic E-state index is -0.486. The molecule has 0 atom stereocenters. The maximum atomic E-state index is 12.1. The molecule has 1 N–H and O–H groups in total. The fourth-order valence-corrected chi connectivity index (χ4v) is 2.29. The van der Waals surface area contributed by atoms with Crippen LogP contribution in [0.1, 0.15) is 17.3 Å². The van der Waals surface area contributed by atoms with Crippen LogP contribution in [-0.4, -0.2) is 43.0 Å². The van der Waals surface area contributed by atoms with Crippen LogP contribution in [0.3, 0.4) is 0 Å². The fraction of sp³-hybridized carbons (Fsp3) is 0.312. The summed E-state index contributed by atoms with van der Waals surface area (Å²) in [6.07, 6.45) is 3.31. The third-order valence-corrected chi connectivity index (χ3v) is 3.67. The number of ether oxygens (including phenoxy) is 3. The Balaban J connectivity index is 2.42.